The number of amides is 2. The lowest BCUT2D eigenvalue weighted by atomic mass is 9.85. The predicted octanol–water partition coefficient (Wildman–Crippen LogP) is 2.20. The maximum absolute atomic E-state index is 13.0. The summed E-state index contributed by atoms with van der Waals surface area (Å²) in [5.74, 6) is -1.64. The molecule has 3 N–H and O–H groups in total. The molecule has 0 heterocycles. The average Bonchev–Trinajstić information content (AvgIpc) is 2.43. The zero-order chi connectivity index (χ0) is 18.5. The SMILES string of the molecule is CCC(C)C(NC(=O)NC1CC(N(CC)CC(=O)O)C1)C(F)(F)F. The van der Waals surface area contributed by atoms with Crippen LogP contribution in [0.3, 0.4) is 0 Å². The third-order valence-electron chi connectivity index (χ3n) is 4.56. The van der Waals surface area contributed by atoms with E-state index in [0.717, 1.165) is 0 Å². The Kier molecular flexibility index (Phi) is 7.31. The van der Waals surface area contributed by atoms with E-state index < -0.39 is 30.1 Å². The van der Waals surface area contributed by atoms with Crippen LogP contribution in [0.1, 0.15) is 40.0 Å². The molecule has 6 nitrogen and oxygen atoms in total. The number of nitrogens with zero attached hydrogens (tertiary/aromatic N) is 1. The van der Waals surface area contributed by atoms with E-state index in [1.54, 1.807) is 11.8 Å². The van der Waals surface area contributed by atoms with E-state index in [1.807, 2.05) is 12.2 Å². The van der Waals surface area contributed by atoms with E-state index in [9.17, 15) is 22.8 Å². The molecule has 0 aromatic carbocycles. The summed E-state index contributed by atoms with van der Waals surface area (Å²) in [4.78, 5) is 24.3. The van der Waals surface area contributed by atoms with Gasteiger partial charge in [-0.1, -0.05) is 27.2 Å². The van der Waals surface area contributed by atoms with Gasteiger partial charge in [0.2, 0.25) is 0 Å². The summed E-state index contributed by atoms with van der Waals surface area (Å²) < 4.78 is 38.9. The van der Waals surface area contributed by atoms with Gasteiger partial charge in [0.15, 0.2) is 0 Å². The van der Waals surface area contributed by atoms with E-state index in [2.05, 4.69) is 5.32 Å². The van der Waals surface area contributed by atoms with Crippen molar-refractivity contribution in [2.24, 2.45) is 5.92 Å². The van der Waals surface area contributed by atoms with Crippen LogP contribution in [0.25, 0.3) is 0 Å². The summed E-state index contributed by atoms with van der Waals surface area (Å²) in [5, 5.41) is 13.4. The molecule has 1 aliphatic carbocycles. The van der Waals surface area contributed by atoms with Crippen molar-refractivity contribution >= 4 is 12.0 Å². The van der Waals surface area contributed by atoms with Crippen molar-refractivity contribution in [3.8, 4) is 0 Å². The summed E-state index contributed by atoms with van der Waals surface area (Å²) in [6, 6.07) is -2.91. The summed E-state index contributed by atoms with van der Waals surface area (Å²) in [5.41, 5.74) is 0. The first-order valence-corrected chi connectivity index (χ1v) is 8.18. The number of urea groups is 1. The Morgan fingerprint density at radius 1 is 1.29 bits per heavy atom. The maximum Gasteiger partial charge on any atom is 0.408 e. The zero-order valence-corrected chi connectivity index (χ0v) is 14.2. The summed E-state index contributed by atoms with van der Waals surface area (Å²) in [7, 11) is 0. The number of carbonyl (C=O) groups is 2. The molecule has 0 aliphatic heterocycles. The molecule has 1 fully saturated rings. The van der Waals surface area contributed by atoms with Gasteiger partial charge in [-0.05, 0) is 25.3 Å². The van der Waals surface area contributed by atoms with Gasteiger partial charge in [-0.2, -0.15) is 13.2 Å². The van der Waals surface area contributed by atoms with E-state index in [0.29, 0.717) is 25.8 Å². The van der Waals surface area contributed by atoms with Gasteiger partial charge in [-0.3, -0.25) is 9.69 Å². The number of halogens is 3. The second-order valence-electron chi connectivity index (χ2n) is 6.30. The van der Waals surface area contributed by atoms with Crippen molar-refractivity contribution in [1.29, 1.82) is 0 Å². The van der Waals surface area contributed by atoms with Crippen LogP contribution in [-0.2, 0) is 4.79 Å². The van der Waals surface area contributed by atoms with Crippen LogP contribution in [0.4, 0.5) is 18.0 Å². The van der Waals surface area contributed by atoms with Crippen LogP contribution in [0.5, 0.6) is 0 Å². The van der Waals surface area contributed by atoms with Gasteiger partial charge < -0.3 is 15.7 Å². The highest BCUT2D eigenvalue weighted by atomic mass is 19.4. The number of carboxylic acid groups (broad SMARTS) is 1. The molecular weight excluding hydrogens is 327 g/mol. The van der Waals surface area contributed by atoms with E-state index >= 15 is 0 Å². The number of nitrogens with one attached hydrogen (secondary N) is 2. The van der Waals surface area contributed by atoms with Crippen molar-refractivity contribution in [3.63, 3.8) is 0 Å². The predicted molar refractivity (Wildman–Crippen MR) is 82.7 cm³/mol. The number of alkyl halides is 3. The Morgan fingerprint density at radius 2 is 1.88 bits per heavy atom. The normalized spacial score (nSPS) is 23.3. The first-order valence-electron chi connectivity index (χ1n) is 8.18. The summed E-state index contributed by atoms with van der Waals surface area (Å²) in [6.07, 6.45) is -3.12. The largest absolute Gasteiger partial charge is 0.480 e. The molecule has 0 spiro atoms. The Balaban J connectivity index is 2.46. The maximum atomic E-state index is 13.0. The number of hydrogen-bond acceptors (Lipinski definition) is 3. The van der Waals surface area contributed by atoms with Crippen molar-refractivity contribution in [2.75, 3.05) is 13.1 Å². The molecule has 24 heavy (non-hydrogen) atoms. The van der Waals surface area contributed by atoms with Gasteiger partial charge in [-0.25, -0.2) is 4.79 Å². The van der Waals surface area contributed by atoms with E-state index in [4.69, 9.17) is 5.11 Å². The van der Waals surface area contributed by atoms with Gasteiger partial charge in [0.1, 0.15) is 6.04 Å². The Morgan fingerprint density at radius 3 is 2.29 bits per heavy atom. The van der Waals surface area contributed by atoms with Crippen LogP contribution < -0.4 is 10.6 Å². The highest BCUT2D eigenvalue weighted by Crippen LogP contribution is 2.28. The Bertz CT molecular complexity index is 439. The first kappa shape index (κ1) is 20.5. The third kappa shape index (κ3) is 5.85. The van der Waals surface area contributed by atoms with Gasteiger partial charge >= 0.3 is 18.2 Å². The molecule has 1 rings (SSSR count). The molecule has 9 heteroatoms. The van der Waals surface area contributed by atoms with E-state index in [1.165, 1.54) is 6.92 Å². The highest BCUT2D eigenvalue weighted by Gasteiger charge is 2.44. The topological polar surface area (TPSA) is 81.7 Å². The molecule has 0 aromatic rings. The molecule has 1 aliphatic rings. The number of carboxylic acids is 1. The van der Waals surface area contributed by atoms with Gasteiger partial charge in [0, 0.05) is 12.1 Å². The second-order valence-corrected chi connectivity index (χ2v) is 6.30. The molecular formula is C15H26F3N3O3. The van der Waals surface area contributed by atoms with Crippen LogP contribution in [0.15, 0.2) is 0 Å². The number of aliphatic carboxylic acids is 1. The number of hydrogen-bond donors (Lipinski definition) is 3. The average molecular weight is 353 g/mol. The van der Waals surface area contributed by atoms with Crippen molar-refractivity contribution in [3.05, 3.63) is 0 Å². The van der Waals surface area contributed by atoms with Crippen LogP contribution in [0.2, 0.25) is 0 Å². The van der Waals surface area contributed by atoms with Crippen molar-refractivity contribution in [2.45, 2.75) is 64.3 Å². The fourth-order valence-electron chi connectivity index (χ4n) is 2.83. The lowest BCUT2D eigenvalue weighted by Crippen LogP contribution is -2.59. The lowest BCUT2D eigenvalue weighted by Gasteiger charge is -2.42. The molecule has 2 atom stereocenters. The Labute approximate surface area is 139 Å². The molecule has 0 bridgehead atoms. The monoisotopic (exact) mass is 353 g/mol. The molecule has 0 saturated heterocycles. The molecule has 2 unspecified atom stereocenters. The third-order valence-corrected chi connectivity index (χ3v) is 4.56. The minimum atomic E-state index is -4.49. The van der Waals surface area contributed by atoms with Crippen LogP contribution in [-0.4, -0.2) is 59.4 Å². The van der Waals surface area contributed by atoms with Gasteiger partial charge in [-0.15, -0.1) is 0 Å². The molecule has 140 valence electrons. The fourth-order valence-corrected chi connectivity index (χ4v) is 2.83. The number of carbonyl (C=O) groups excluding carboxylic acids is 1. The summed E-state index contributed by atoms with van der Waals surface area (Å²) >= 11 is 0. The fraction of sp³-hybridized carbons (Fsp3) is 0.867. The molecule has 0 radical (unpaired) electrons. The standard InChI is InChI=1S/C15H26F3N3O3/c1-4-9(3)13(15(16,17)18)20-14(24)19-10-6-11(7-10)21(5-2)8-12(22)23/h9-11,13H,4-8H2,1-3H3,(H,22,23)(H2,19,20,24). The first-order chi connectivity index (χ1) is 11.1. The van der Waals surface area contributed by atoms with Gasteiger partial charge in [0.25, 0.3) is 0 Å². The van der Waals surface area contributed by atoms with Crippen LogP contribution in [0, 0.1) is 5.92 Å². The highest BCUT2D eigenvalue weighted by molar-refractivity contribution is 5.75. The quantitative estimate of drug-likeness (QED) is 0.625. The van der Waals surface area contributed by atoms with Crippen molar-refractivity contribution in [1.82, 2.24) is 15.5 Å². The Hall–Kier alpha value is -1.51. The van der Waals surface area contributed by atoms with Crippen LogP contribution >= 0.6 is 0 Å². The molecule has 0 aromatic heterocycles. The minimum absolute atomic E-state index is 0.0318. The zero-order valence-electron chi connectivity index (χ0n) is 14.2. The molecule has 2 amide bonds. The second kappa shape index (κ2) is 8.55. The summed E-state index contributed by atoms with van der Waals surface area (Å²) in [6.45, 7) is 5.42. The number of likely N-dealkylation sites (N-methyl/N-ethyl adjacent to an activating group) is 1. The number of rotatable bonds is 8. The molecule has 1 saturated carbocycles. The lowest BCUT2D eigenvalue weighted by molar-refractivity contribution is -0.163. The van der Waals surface area contributed by atoms with Crippen molar-refractivity contribution < 1.29 is 27.9 Å². The smallest absolute Gasteiger partial charge is 0.408 e. The van der Waals surface area contributed by atoms with E-state index in [-0.39, 0.29) is 18.6 Å². The van der Waals surface area contributed by atoms with Gasteiger partial charge in [0.05, 0.1) is 6.54 Å². The minimum Gasteiger partial charge on any atom is -0.480 e.